The molecule has 0 saturated carbocycles. The molecule has 376 valence electrons. The van der Waals surface area contributed by atoms with E-state index in [-0.39, 0.29) is 18.9 Å². The molecule has 64 heavy (non-hydrogen) atoms. The van der Waals surface area contributed by atoms with Crippen molar-refractivity contribution in [2.45, 2.75) is 315 Å². The van der Waals surface area contributed by atoms with Gasteiger partial charge in [-0.1, -0.05) is 268 Å². The highest BCUT2D eigenvalue weighted by molar-refractivity contribution is 5.76. The summed E-state index contributed by atoms with van der Waals surface area (Å²) in [7, 11) is 0. The zero-order chi connectivity index (χ0) is 46.5. The molecule has 5 heteroatoms. The Morgan fingerprint density at radius 1 is 0.391 bits per heavy atom. The van der Waals surface area contributed by atoms with Crippen molar-refractivity contribution in [3.8, 4) is 0 Å². The molecule has 1 amide bonds. The molecule has 0 fully saturated rings. The second kappa shape index (κ2) is 53.9. The molecule has 4 N–H and O–H groups in total. The Morgan fingerprint density at radius 3 is 1.00 bits per heavy atom. The molecular weight excluding hydrogens is 787 g/mol. The SMILES string of the molecule is CCCCCCCCCCCCCC/C=C\CCCCCCCCCCC(O)CC(=O)NC(CO)C(O)/C=C/CC/C=C/CC/C=C/CCCCCCCCCCCCCCCCC. The standard InChI is InChI=1S/C59H111NO4/c1-3-5-7-9-11-13-15-17-19-21-23-25-27-29-31-33-35-37-39-41-43-45-47-49-51-53-58(63)57(55-61)60-59(64)54-56(62)52-50-48-46-44-42-40-38-36-34-32-30-28-26-24-22-20-18-16-14-12-10-8-6-4-2/h30,32,35,37,43,45,51,53,56-58,61-63H,3-29,31,33-34,36,38-42,44,46-50,52,54-55H2,1-2H3,(H,60,64)/b32-30-,37-35+,45-43+,53-51+. The van der Waals surface area contributed by atoms with Crippen molar-refractivity contribution in [1.29, 1.82) is 0 Å². The molecule has 0 saturated heterocycles. The molecule has 0 bridgehead atoms. The van der Waals surface area contributed by atoms with E-state index in [0.29, 0.717) is 6.42 Å². The molecule has 0 aliphatic rings. The Balaban J connectivity index is 3.64. The van der Waals surface area contributed by atoms with Gasteiger partial charge in [-0.25, -0.2) is 0 Å². The largest absolute Gasteiger partial charge is 0.394 e. The highest BCUT2D eigenvalue weighted by atomic mass is 16.3. The van der Waals surface area contributed by atoms with Crippen LogP contribution in [0.1, 0.15) is 296 Å². The maximum absolute atomic E-state index is 12.5. The fraction of sp³-hybridized carbons (Fsp3) is 0.847. The molecular formula is C59H111NO4. The van der Waals surface area contributed by atoms with Gasteiger partial charge in [0.15, 0.2) is 0 Å². The Bertz CT molecular complexity index is 1040. The van der Waals surface area contributed by atoms with E-state index in [2.05, 4.69) is 55.6 Å². The fourth-order valence-electron chi connectivity index (χ4n) is 8.72. The summed E-state index contributed by atoms with van der Waals surface area (Å²) in [5.74, 6) is -0.329. The summed E-state index contributed by atoms with van der Waals surface area (Å²) in [4.78, 5) is 12.5. The van der Waals surface area contributed by atoms with Crippen LogP contribution >= 0.6 is 0 Å². The summed E-state index contributed by atoms with van der Waals surface area (Å²) >= 11 is 0. The van der Waals surface area contributed by atoms with Crippen LogP contribution in [0, 0.1) is 0 Å². The lowest BCUT2D eigenvalue weighted by molar-refractivity contribution is -0.124. The summed E-state index contributed by atoms with van der Waals surface area (Å²) < 4.78 is 0. The molecule has 0 spiro atoms. The van der Waals surface area contributed by atoms with Crippen LogP contribution in [0.4, 0.5) is 0 Å². The Kier molecular flexibility index (Phi) is 52.5. The smallest absolute Gasteiger partial charge is 0.222 e. The maximum atomic E-state index is 12.5. The van der Waals surface area contributed by atoms with Crippen molar-refractivity contribution >= 4 is 5.91 Å². The van der Waals surface area contributed by atoms with Crippen LogP contribution < -0.4 is 5.32 Å². The lowest BCUT2D eigenvalue weighted by Gasteiger charge is -2.21. The van der Waals surface area contributed by atoms with E-state index in [4.69, 9.17) is 0 Å². The van der Waals surface area contributed by atoms with E-state index in [1.165, 1.54) is 231 Å². The Labute approximate surface area is 399 Å². The van der Waals surface area contributed by atoms with Gasteiger partial charge in [0.1, 0.15) is 0 Å². The van der Waals surface area contributed by atoms with Gasteiger partial charge in [0.25, 0.3) is 0 Å². The molecule has 0 radical (unpaired) electrons. The number of aliphatic hydroxyl groups excluding tert-OH is 3. The first-order chi connectivity index (χ1) is 31.5. The number of aliphatic hydroxyl groups is 3. The lowest BCUT2D eigenvalue weighted by Crippen LogP contribution is -2.45. The van der Waals surface area contributed by atoms with E-state index in [1.54, 1.807) is 6.08 Å². The minimum absolute atomic E-state index is 0.000227. The minimum Gasteiger partial charge on any atom is -0.394 e. The van der Waals surface area contributed by atoms with Crippen LogP contribution in [-0.2, 0) is 4.79 Å². The van der Waals surface area contributed by atoms with Crippen LogP contribution in [0.3, 0.4) is 0 Å². The van der Waals surface area contributed by atoms with Gasteiger partial charge in [0.05, 0.1) is 31.3 Å². The number of allylic oxidation sites excluding steroid dienone is 7. The van der Waals surface area contributed by atoms with Crippen molar-refractivity contribution in [3.63, 3.8) is 0 Å². The normalized spacial score (nSPS) is 13.6. The van der Waals surface area contributed by atoms with Crippen LogP contribution in [0.25, 0.3) is 0 Å². The Morgan fingerprint density at radius 2 is 0.672 bits per heavy atom. The third-order valence-corrected chi connectivity index (χ3v) is 13.1. The second-order valence-corrected chi connectivity index (χ2v) is 19.5. The van der Waals surface area contributed by atoms with Crippen molar-refractivity contribution in [1.82, 2.24) is 5.32 Å². The summed E-state index contributed by atoms with van der Waals surface area (Å²) in [5, 5.41) is 33.4. The zero-order valence-electron chi connectivity index (χ0n) is 42.9. The van der Waals surface area contributed by atoms with Crippen LogP contribution in [0.5, 0.6) is 0 Å². The predicted octanol–water partition coefficient (Wildman–Crippen LogP) is 17.6. The van der Waals surface area contributed by atoms with Crippen LogP contribution in [0.2, 0.25) is 0 Å². The topological polar surface area (TPSA) is 89.8 Å². The van der Waals surface area contributed by atoms with Gasteiger partial charge in [-0.15, -0.1) is 0 Å². The number of hydrogen-bond donors (Lipinski definition) is 4. The van der Waals surface area contributed by atoms with Gasteiger partial charge >= 0.3 is 0 Å². The van der Waals surface area contributed by atoms with Gasteiger partial charge in [-0.2, -0.15) is 0 Å². The highest BCUT2D eigenvalue weighted by Crippen LogP contribution is 2.16. The first-order valence-electron chi connectivity index (χ1n) is 28.4. The first kappa shape index (κ1) is 62.3. The molecule has 0 heterocycles. The second-order valence-electron chi connectivity index (χ2n) is 19.5. The van der Waals surface area contributed by atoms with Gasteiger partial charge in [0, 0.05) is 0 Å². The van der Waals surface area contributed by atoms with E-state index in [1.807, 2.05) is 6.08 Å². The minimum atomic E-state index is -0.963. The van der Waals surface area contributed by atoms with Crippen molar-refractivity contribution < 1.29 is 20.1 Å². The van der Waals surface area contributed by atoms with E-state index in [0.717, 1.165) is 38.5 Å². The number of carbonyl (C=O) groups is 1. The van der Waals surface area contributed by atoms with Gasteiger partial charge in [-0.05, 0) is 70.6 Å². The fourth-order valence-corrected chi connectivity index (χ4v) is 8.72. The average Bonchev–Trinajstić information content (AvgIpc) is 3.29. The van der Waals surface area contributed by atoms with Gasteiger partial charge < -0.3 is 20.6 Å². The van der Waals surface area contributed by atoms with E-state index >= 15 is 0 Å². The van der Waals surface area contributed by atoms with Crippen LogP contribution in [0.15, 0.2) is 48.6 Å². The summed E-state index contributed by atoms with van der Waals surface area (Å²) in [6.45, 7) is 4.23. The van der Waals surface area contributed by atoms with Gasteiger partial charge in [0.2, 0.25) is 5.91 Å². The molecule has 3 unspecified atom stereocenters. The molecule has 0 aromatic carbocycles. The highest BCUT2D eigenvalue weighted by Gasteiger charge is 2.20. The Hall–Kier alpha value is -1.69. The number of rotatable bonds is 52. The van der Waals surface area contributed by atoms with E-state index < -0.39 is 18.2 Å². The molecule has 0 aliphatic heterocycles. The predicted molar refractivity (Wildman–Crippen MR) is 282 cm³/mol. The average molecular weight is 899 g/mol. The molecule has 5 nitrogen and oxygen atoms in total. The van der Waals surface area contributed by atoms with Crippen LogP contribution in [-0.4, -0.2) is 46.1 Å². The monoisotopic (exact) mass is 898 g/mol. The van der Waals surface area contributed by atoms with Crippen molar-refractivity contribution in [3.05, 3.63) is 48.6 Å². The van der Waals surface area contributed by atoms with Gasteiger partial charge in [-0.3, -0.25) is 4.79 Å². The third kappa shape index (κ3) is 49.7. The maximum Gasteiger partial charge on any atom is 0.222 e. The zero-order valence-corrected chi connectivity index (χ0v) is 42.9. The van der Waals surface area contributed by atoms with E-state index in [9.17, 15) is 20.1 Å². The number of amides is 1. The molecule has 3 atom stereocenters. The number of nitrogens with one attached hydrogen (secondary N) is 1. The molecule has 0 rings (SSSR count). The molecule has 0 aliphatic carbocycles. The summed E-state index contributed by atoms with van der Waals surface area (Å²) in [5.41, 5.74) is 0. The van der Waals surface area contributed by atoms with Crippen molar-refractivity contribution in [2.24, 2.45) is 0 Å². The first-order valence-corrected chi connectivity index (χ1v) is 28.4. The number of unbranched alkanes of at least 4 members (excludes halogenated alkanes) is 37. The number of carbonyl (C=O) groups excluding carboxylic acids is 1. The van der Waals surface area contributed by atoms with Crippen molar-refractivity contribution in [2.75, 3.05) is 6.61 Å². The molecule has 0 aromatic heterocycles. The summed E-state index contributed by atoms with van der Waals surface area (Å²) in [6.07, 6.45) is 71.6. The number of hydrogen-bond acceptors (Lipinski definition) is 4. The third-order valence-electron chi connectivity index (χ3n) is 13.1. The lowest BCUT2D eigenvalue weighted by atomic mass is 10.0. The molecule has 0 aromatic rings. The quantitative estimate of drug-likeness (QED) is 0.0362. The summed E-state index contributed by atoms with van der Waals surface area (Å²) in [6, 6.07) is -0.771.